The molecule has 2 N–H and O–H groups in total. The van der Waals surface area contributed by atoms with Gasteiger partial charge in [0, 0.05) is 6.07 Å². The standard InChI is InChI=1S/C13H18F3N3O/c1-2-8-5-3-4-6-9(8)20-11-7-10(13(14,15)16)18-12(17)19-11/h7-9H,2-6H2,1H3,(H2,17,18,19). The second-order valence-corrected chi connectivity index (χ2v) is 5.06. The van der Waals surface area contributed by atoms with Gasteiger partial charge in [-0.05, 0) is 31.6 Å². The summed E-state index contributed by atoms with van der Waals surface area (Å²) in [6.07, 6.45) is 0.330. The number of alkyl halides is 3. The molecule has 1 aromatic heterocycles. The molecular formula is C13H18F3N3O. The van der Waals surface area contributed by atoms with Crippen molar-refractivity contribution in [3.05, 3.63) is 11.8 Å². The van der Waals surface area contributed by atoms with Crippen molar-refractivity contribution < 1.29 is 17.9 Å². The third kappa shape index (κ3) is 3.52. The lowest BCUT2D eigenvalue weighted by Crippen LogP contribution is -2.30. The van der Waals surface area contributed by atoms with Crippen LogP contribution in [0.1, 0.15) is 44.7 Å². The van der Waals surface area contributed by atoms with Gasteiger partial charge in [-0.25, -0.2) is 4.98 Å². The zero-order valence-corrected chi connectivity index (χ0v) is 11.3. The second-order valence-electron chi connectivity index (χ2n) is 5.06. The summed E-state index contributed by atoms with van der Waals surface area (Å²) < 4.78 is 43.6. The smallest absolute Gasteiger partial charge is 0.433 e. The molecule has 0 bridgehead atoms. The van der Waals surface area contributed by atoms with Crippen molar-refractivity contribution in [1.29, 1.82) is 0 Å². The molecule has 1 heterocycles. The molecule has 1 aliphatic rings. The molecule has 0 spiro atoms. The molecule has 0 aromatic carbocycles. The van der Waals surface area contributed by atoms with E-state index in [2.05, 4.69) is 16.9 Å². The van der Waals surface area contributed by atoms with Crippen molar-refractivity contribution in [1.82, 2.24) is 9.97 Å². The van der Waals surface area contributed by atoms with Gasteiger partial charge in [-0.3, -0.25) is 0 Å². The van der Waals surface area contributed by atoms with Crippen LogP contribution < -0.4 is 10.5 Å². The van der Waals surface area contributed by atoms with E-state index in [1.807, 2.05) is 0 Å². The van der Waals surface area contributed by atoms with Gasteiger partial charge >= 0.3 is 6.18 Å². The summed E-state index contributed by atoms with van der Waals surface area (Å²) in [5, 5.41) is 0. The molecule has 20 heavy (non-hydrogen) atoms. The molecule has 0 aliphatic heterocycles. The SMILES string of the molecule is CCC1CCCCC1Oc1cc(C(F)(F)F)nc(N)n1. The molecule has 0 saturated heterocycles. The Morgan fingerprint density at radius 1 is 1.30 bits per heavy atom. The third-order valence-corrected chi connectivity index (χ3v) is 3.65. The lowest BCUT2D eigenvalue weighted by Gasteiger charge is -2.30. The molecule has 4 nitrogen and oxygen atoms in total. The molecule has 1 aromatic rings. The second kappa shape index (κ2) is 5.85. The topological polar surface area (TPSA) is 61.0 Å². The Morgan fingerprint density at radius 3 is 2.65 bits per heavy atom. The summed E-state index contributed by atoms with van der Waals surface area (Å²) in [5.41, 5.74) is 4.26. The number of nitrogens with two attached hydrogens (primary N) is 1. The van der Waals surface area contributed by atoms with Crippen LogP contribution in [0.5, 0.6) is 5.88 Å². The summed E-state index contributed by atoms with van der Waals surface area (Å²) in [4.78, 5) is 6.95. The number of anilines is 1. The molecule has 7 heteroatoms. The summed E-state index contributed by atoms with van der Waals surface area (Å²) in [5.74, 6) is -0.150. The Kier molecular flexibility index (Phi) is 4.35. The number of aromatic nitrogens is 2. The molecule has 0 amide bonds. The molecular weight excluding hydrogens is 271 g/mol. The maximum Gasteiger partial charge on any atom is 0.433 e. The minimum absolute atomic E-state index is 0.0878. The summed E-state index contributed by atoms with van der Waals surface area (Å²) in [6, 6.07) is 0.817. The Labute approximate surface area is 115 Å². The maximum absolute atomic E-state index is 12.7. The first kappa shape index (κ1) is 14.9. The lowest BCUT2D eigenvalue weighted by atomic mass is 9.85. The number of ether oxygens (including phenoxy) is 1. The monoisotopic (exact) mass is 289 g/mol. The maximum atomic E-state index is 12.7. The van der Waals surface area contributed by atoms with Gasteiger partial charge in [-0.1, -0.05) is 13.3 Å². The highest BCUT2D eigenvalue weighted by Crippen LogP contribution is 2.33. The van der Waals surface area contributed by atoms with Crippen LogP contribution in [0.25, 0.3) is 0 Å². The van der Waals surface area contributed by atoms with E-state index in [1.54, 1.807) is 0 Å². The highest BCUT2D eigenvalue weighted by atomic mass is 19.4. The van der Waals surface area contributed by atoms with Crippen molar-refractivity contribution >= 4 is 5.95 Å². The Balaban J connectivity index is 2.18. The van der Waals surface area contributed by atoms with E-state index in [1.165, 1.54) is 0 Å². The minimum atomic E-state index is -4.55. The van der Waals surface area contributed by atoms with Crippen molar-refractivity contribution in [2.24, 2.45) is 5.92 Å². The van der Waals surface area contributed by atoms with Crippen molar-refractivity contribution in [2.75, 3.05) is 5.73 Å². The number of nitrogen functional groups attached to an aromatic ring is 1. The lowest BCUT2D eigenvalue weighted by molar-refractivity contribution is -0.141. The van der Waals surface area contributed by atoms with E-state index >= 15 is 0 Å². The van der Waals surface area contributed by atoms with E-state index in [4.69, 9.17) is 10.5 Å². The Hall–Kier alpha value is -1.53. The predicted octanol–water partition coefficient (Wildman–Crippen LogP) is 3.43. The fourth-order valence-corrected chi connectivity index (χ4v) is 2.60. The Bertz CT molecular complexity index is 465. The van der Waals surface area contributed by atoms with Crippen molar-refractivity contribution in [3.8, 4) is 5.88 Å². The largest absolute Gasteiger partial charge is 0.474 e. The normalized spacial score (nSPS) is 23.6. The first-order chi connectivity index (χ1) is 9.40. The Morgan fingerprint density at radius 2 is 2.00 bits per heavy atom. The van der Waals surface area contributed by atoms with Gasteiger partial charge in [0.25, 0.3) is 0 Å². The zero-order valence-electron chi connectivity index (χ0n) is 11.3. The van der Waals surface area contributed by atoms with Crippen LogP contribution in [0.4, 0.5) is 19.1 Å². The van der Waals surface area contributed by atoms with Crippen LogP contribution in [0, 0.1) is 5.92 Å². The first-order valence-corrected chi connectivity index (χ1v) is 6.78. The van der Waals surface area contributed by atoms with E-state index in [9.17, 15) is 13.2 Å². The quantitative estimate of drug-likeness (QED) is 0.926. The predicted molar refractivity (Wildman–Crippen MR) is 68.1 cm³/mol. The zero-order chi connectivity index (χ0) is 14.8. The first-order valence-electron chi connectivity index (χ1n) is 6.78. The molecule has 0 radical (unpaired) electrons. The average molecular weight is 289 g/mol. The van der Waals surface area contributed by atoms with E-state index in [0.29, 0.717) is 5.92 Å². The van der Waals surface area contributed by atoms with Gasteiger partial charge < -0.3 is 10.5 Å². The summed E-state index contributed by atoms with van der Waals surface area (Å²) >= 11 is 0. The number of halogens is 3. The van der Waals surface area contributed by atoms with Gasteiger partial charge in [-0.15, -0.1) is 0 Å². The van der Waals surface area contributed by atoms with Crippen LogP contribution in [0.3, 0.4) is 0 Å². The molecule has 1 aliphatic carbocycles. The van der Waals surface area contributed by atoms with E-state index in [0.717, 1.165) is 38.2 Å². The summed E-state index contributed by atoms with van der Waals surface area (Å²) in [6.45, 7) is 2.06. The van der Waals surface area contributed by atoms with Crippen LogP contribution in [0.2, 0.25) is 0 Å². The van der Waals surface area contributed by atoms with Crippen LogP contribution in [-0.2, 0) is 6.18 Å². The highest BCUT2D eigenvalue weighted by Gasteiger charge is 2.34. The third-order valence-electron chi connectivity index (χ3n) is 3.65. The molecule has 1 saturated carbocycles. The molecule has 1 fully saturated rings. The van der Waals surface area contributed by atoms with Crippen molar-refractivity contribution in [3.63, 3.8) is 0 Å². The fourth-order valence-electron chi connectivity index (χ4n) is 2.60. The molecule has 2 atom stereocenters. The molecule has 2 rings (SSSR count). The van der Waals surface area contributed by atoms with E-state index in [-0.39, 0.29) is 12.0 Å². The number of rotatable bonds is 3. The minimum Gasteiger partial charge on any atom is -0.474 e. The average Bonchev–Trinajstić information content (AvgIpc) is 2.37. The molecule has 2 unspecified atom stereocenters. The van der Waals surface area contributed by atoms with Crippen molar-refractivity contribution in [2.45, 2.75) is 51.3 Å². The van der Waals surface area contributed by atoms with Crippen LogP contribution >= 0.6 is 0 Å². The number of hydrogen-bond acceptors (Lipinski definition) is 4. The van der Waals surface area contributed by atoms with Gasteiger partial charge in [0.2, 0.25) is 11.8 Å². The van der Waals surface area contributed by atoms with Crippen LogP contribution in [-0.4, -0.2) is 16.1 Å². The van der Waals surface area contributed by atoms with E-state index < -0.39 is 17.8 Å². The highest BCUT2D eigenvalue weighted by molar-refractivity contribution is 5.27. The van der Waals surface area contributed by atoms with Gasteiger partial charge in [-0.2, -0.15) is 18.2 Å². The fraction of sp³-hybridized carbons (Fsp3) is 0.692. The molecule has 112 valence electrons. The number of hydrogen-bond donors (Lipinski definition) is 1. The number of nitrogens with zero attached hydrogens (tertiary/aromatic N) is 2. The van der Waals surface area contributed by atoms with Gasteiger partial charge in [0.05, 0.1) is 0 Å². The van der Waals surface area contributed by atoms with Gasteiger partial charge in [0.15, 0.2) is 5.69 Å². The van der Waals surface area contributed by atoms with Gasteiger partial charge in [0.1, 0.15) is 6.10 Å². The summed E-state index contributed by atoms with van der Waals surface area (Å²) in [7, 11) is 0. The van der Waals surface area contributed by atoms with Crippen LogP contribution in [0.15, 0.2) is 6.07 Å².